The molecule has 76 valence electrons. The minimum atomic E-state index is -2.18. The Kier molecular flexibility index (Phi) is 4.92. The van der Waals surface area contributed by atoms with Crippen molar-refractivity contribution < 1.29 is 23.2 Å². The lowest BCUT2D eigenvalue weighted by atomic mass is 10.7. The van der Waals surface area contributed by atoms with Crippen LogP contribution in [0.2, 0.25) is 0 Å². The lowest BCUT2D eigenvalue weighted by Crippen LogP contribution is -2.29. The molecule has 0 rings (SSSR count). The van der Waals surface area contributed by atoms with E-state index in [-0.39, 0.29) is 0 Å². The molecule has 0 aliphatic rings. The second-order valence-electron chi connectivity index (χ2n) is 1.88. The highest BCUT2D eigenvalue weighted by molar-refractivity contribution is 7.78. The van der Waals surface area contributed by atoms with Crippen molar-refractivity contribution in [1.82, 2.24) is 4.31 Å². The van der Waals surface area contributed by atoms with Gasteiger partial charge in [-0.15, -0.1) is 0 Å². The highest BCUT2D eigenvalue weighted by Gasteiger charge is 2.14. The smallest absolute Gasteiger partial charge is 0.420 e. The van der Waals surface area contributed by atoms with Crippen molar-refractivity contribution in [2.75, 3.05) is 20.2 Å². The molecule has 1 amide bonds. The summed E-state index contributed by atoms with van der Waals surface area (Å²) in [5.74, 6) is 0. The third kappa shape index (κ3) is 5.09. The fraction of sp³-hybridized carbons (Fsp3) is 0.750. The fourth-order valence-corrected chi connectivity index (χ4v) is 0.829. The Labute approximate surface area is 76.0 Å². The van der Waals surface area contributed by atoms with Gasteiger partial charge in [-0.25, -0.2) is 13.3 Å². The van der Waals surface area contributed by atoms with Gasteiger partial charge >= 0.3 is 6.09 Å². The molecule has 9 heteroatoms. The van der Waals surface area contributed by atoms with E-state index in [0.717, 1.165) is 7.05 Å². The molecule has 1 N–H and O–H groups in total. The molecule has 0 aromatic rings. The molecule has 0 aliphatic heterocycles. The summed E-state index contributed by atoms with van der Waals surface area (Å²) in [6, 6.07) is 0. The Morgan fingerprint density at radius 2 is 2.31 bits per heavy atom. The van der Waals surface area contributed by atoms with Gasteiger partial charge < -0.3 is 5.11 Å². The maximum Gasteiger partial charge on any atom is 0.420 e. The van der Waals surface area contributed by atoms with E-state index in [9.17, 15) is 19.1 Å². The zero-order valence-electron chi connectivity index (χ0n) is 6.71. The number of nitro groups is 1. The Balaban J connectivity index is 3.75. The van der Waals surface area contributed by atoms with Gasteiger partial charge in [0.25, 0.3) is 11.3 Å². The van der Waals surface area contributed by atoms with Crippen molar-refractivity contribution in [3.05, 3.63) is 10.1 Å². The van der Waals surface area contributed by atoms with Crippen LogP contribution in [0, 0.1) is 10.1 Å². The molecule has 0 saturated carbocycles. The first-order valence-electron chi connectivity index (χ1n) is 3.08. The van der Waals surface area contributed by atoms with Crippen molar-refractivity contribution in [3.8, 4) is 0 Å². The van der Waals surface area contributed by atoms with Gasteiger partial charge in [-0.3, -0.25) is 14.3 Å². The number of carbonyl (C=O) groups is 1. The maximum absolute atomic E-state index is 10.8. The number of nitrogens with zero attached hydrogens (tertiary/aromatic N) is 2. The van der Waals surface area contributed by atoms with Gasteiger partial charge in [0.1, 0.15) is 6.61 Å². The first-order chi connectivity index (χ1) is 5.95. The van der Waals surface area contributed by atoms with Crippen LogP contribution in [0.25, 0.3) is 0 Å². The van der Waals surface area contributed by atoms with Crippen LogP contribution in [0.15, 0.2) is 0 Å². The van der Waals surface area contributed by atoms with Crippen LogP contribution in [0.5, 0.6) is 0 Å². The molecule has 0 fully saturated rings. The van der Waals surface area contributed by atoms with Gasteiger partial charge in [0, 0.05) is 12.0 Å². The molecule has 0 aromatic heterocycles. The van der Waals surface area contributed by atoms with E-state index < -0.39 is 35.4 Å². The van der Waals surface area contributed by atoms with Crippen LogP contribution in [0.4, 0.5) is 4.79 Å². The summed E-state index contributed by atoms with van der Waals surface area (Å²) in [6.45, 7) is -0.906. The summed E-state index contributed by atoms with van der Waals surface area (Å²) >= 11 is -2.18. The molecular weight excluding hydrogens is 204 g/mol. The van der Waals surface area contributed by atoms with Crippen LogP contribution in [-0.4, -0.2) is 44.8 Å². The lowest BCUT2D eigenvalue weighted by Gasteiger charge is -2.09. The molecule has 0 aliphatic carbocycles. The topological polar surface area (TPSA) is 110 Å². The average Bonchev–Trinajstić information content (AvgIpc) is 2.02. The molecule has 0 radical (unpaired) electrons. The van der Waals surface area contributed by atoms with E-state index in [1.165, 1.54) is 0 Å². The van der Waals surface area contributed by atoms with Crippen molar-refractivity contribution in [2.24, 2.45) is 0 Å². The summed E-state index contributed by atoms with van der Waals surface area (Å²) < 4.78 is 15.5. The van der Waals surface area contributed by atoms with Crippen LogP contribution < -0.4 is 0 Å². The fourth-order valence-electron chi connectivity index (χ4n) is 0.326. The highest BCUT2D eigenvalue weighted by atomic mass is 32.2. The summed E-state index contributed by atoms with van der Waals surface area (Å²) in [6.07, 6.45) is -1.43. The first kappa shape index (κ1) is 11.8. The average molecular weight is 212 g/mol. The van der Waals surface area contributed by atoms with Crippen molar-refractivity contribution >= 4 is 17.4 Å². The zero-order chi connectivity index (χ0) is 10.4. The van der Waals surface area contributed by atoms with Crippen molar-refractivity contribution in [3.63, 3.8) is 0 Å². The predicted octanol–water partition coefficient (Wildman–Crippen LogP) is -0.532. The molecular formula is C4H8N2O6S. The minimum Gasteiger partial charge on any atom is -0.464 e. The molecule has 0 saturated heterocycles. The standard InChI is InChI=1S/C4H8N2O6S/c1-5(4(7)8)13(11)12-3-2-6(9)10/h2-3H2,1H3,(H,7,8). The van der Waals surface area contributed by atoms with E-state index in [4.69, 9.17) is 5.11 Å². The first-order valence-corrected chi connectivity index (χ1v) is 4.12. The SMILES string of the molecule is CN(C(=O)O)S(=O)OCC[N+](=O)[O-]. The Morgan fingerprint density at radius 1 is 1.77 bits per heavy atom. The molecule has 1 unspecified atom stereocenters. The number of rotatable bonds is 5. The van der Waals surface area contributed by atoms with E-state index >= 15 is 0 Å². The van der Waals surface area contributed by atoms with E-state index in [2.05, 4.69) is 4.18 Å². The van der Waals surface area contributed by atoms with Gasteiger partial charge in [0.05, 0.1) is 0 Å². The normalized spacial score (nSPS) is 12.1. The summed E-state index contributed by atoms with van der Waals surface area (Å²) in [5.41, 5.74) is 0. The number of carboxylic acid groups (broad SMARTS) is 1. The van der Waals surface area contributed by atoms with E-state index in [0.29, 0.717) is 4.31 Å². The maximum atomic E-state index is 10.8. The third-order valence-electron chi connectivity index (χ3n) is 0.951. The second-order valence-corrected chi connectivity index (χ2v) is 3.09. The second kappa shape index (κ2) is 5.43. The van der Waals surface area contributed by atoms with Crippen molar-refractivity contribution in [1.29, 1.82) is 0 Å². The predicted molar refractivity (Wildman–Crippen MR) is 41.7 cm³/mol. The quantitative estimate of drug-likeness (QED) is 0.484. The number of hydrogen-bond acceptors (Lipinski definition) is 5. The van der Waals surface area contributed by atoms with Gasteiger partial charge in [-0.2, -0.15) is 0 Å². The summed E-state index contributed by atoms with van der Waals surface area (Å²) in [4.78, 5) is 19.3. The summed E-state index contributed by atoms with van der Waals surface area (Å²) in [5, 5.41) is 18.1. The molecule has 8 nitrogen and oxygen atoms in total. The zero-order valence-corrected chi connectivity index (χ0v) is 7.52. The van der Waals surface area contributed by atoms with Crippen LogP contribution in [0.1, 0.15) is 0 Å². The third-order valence-corrected chi connectivity index (χ3v) is 1.92. The van der Waals surface area contributed by atoms with Crippen LogP contribution in [0.3, 0.4) is 0 Å². The summed E-state index contributed by atoms with van der Waals surface area (Å²) in [7, 11) is 1.03. The Hall–Kier alpha value is -1.22. The minimum absolute atomic E-state index is 0.392. The van der Waals surface area contributed by atoms with Crippen molar-refractivity contribution in [2.45, 2.75) is 0 Å². The lowest BCUT2D eigenvalue weighted by molar-refractivity contribution is -0.481. The van der Waals surface area contributed by atoms with Gasteiger partial charge in [0.2, 0.25) is 6.54 Å². The molecule has 1 atom stereocenters. The Morgan fingerprint density at radius 3 is 2.69 bits per heavy atom. The van der Waals surface area contributed by atoms with E-state index in [1.54, 1.807) is 0 Å². The van der Waals surface area contributed by atoms with Gasteiger partial charge in [0.15, 0.2) is 0 Å². The van der Waals surface area contributed by atoms with Gasteiger partial charge in [-0.05, 0) is 0 Å². The number of amides is 1. The monoisotopic (exact) mass is 212 g/mol. The largest absolute Gasteiger partial charge is 0.464 e. The molecule has 0 spiro atoms. The molecule has 0 aromatic carbocycles. The molecule has 0 heterocycles. The van der Waals surface area contributed by atoms with Crippen LogP contribution >= 0.6 is 0 Å². The van der Waals surface area contributed by atoms with E-state index in [1.807, 2.05) is 0 Å². The van der Waals surface area contributed by atoms with Crippen LogP contribution in [-0.2, 0) is 15.4 Å². The van der Waals surface area contributed by atoms with Gasteiger partial charge in [-0.1, -0.05) is 0 Å². The Bertz CT molecular complexity index is 231. The molecule has 0 bridgehead atoms. The number of hydrogen-bond donors (Lipinski definition) is 1. The molecule has 13 heavy (non-hydrogen) atoms. The highest BCUT2D eigenvalue weighted by Crippen LogP contribution is 1.93.